The SMILES string of the molecule is COC(=O)CCC1=C(C(=O)O)C(c2c(Cl)cccc2Cl)C(C(=O)O)=C(CC(c2ccccc2)C2OCCO2)N1. The lowest BCUT2D eigenvalue weighted by Crippen LogP contribution is -2.35. The highest BCUT2D eigenvalue weighted by Gasteiger charge is 2.42. The lowest BCUT2D eigenvalue weighted by atomic mass is 9.77. The molecule has 11 heteroatoms. The van der Waals surface area contributed by atoms with Crippen LogP contribution in [0.4, 0.5) is 0 Å². The molecule has 2 aliphatic rings. The molecule has 2 unspecified atom stereocenters. The molecule has 0 aromatic heterocycles. The topological polar surface area (TPSA) is 131 Å². The number of nitrogens with one attached hydrogen (secondary N) is 1. The molecule has 0 bridgehead atoms. The first kappa shape index (κ1) is 28.6. The highest BCUT2D eigenvalue weighted by molar-refractivity contribution is 6.36. The third-order valence-electron chi connectivity index (χ3n) is 6.71. The minimum Gasteiger partial charge on any atom is -0.478 e. The van der Waals surface area contributed by atoms with Crippen molar-refractivity contribution < 1.29 is 38.8 Å². The summed E-state index contributed by atoms with van der Waals surface area (Å²) in [5.41, 5.74) is 0.910. The number of dihydropyridines is 1. The Morgan fingerprint density at radius 2 is 1.54 bits per heavy atom. The van der Waals surface area contributed by atoms with Crippen LogP contribution >= 0.6 is 23.2 Å². The van der Waals surface area contributed by atoms with Crippen molar-refractivity contribution in [1.29, 1.82) is 0 Å². The van der Waals surface area contributed by atoms with Crippen LogP contribution in [-0.2, 0) is 28.6 Å². The van der Waals surface area contributed by atoms with Crippen molar-refractivity contribution in [3.63, 3.8) is 0 Å². The number of carboxylic acid groups (broad SMARTS) is 2. The van der Waals surface area contributed by atoms with Gasteiger partial charge >= 0.3 is 17.9 Å². The summed E-state index contributed by atoms with van der Waals surface area (Å²) in [5, 5.41) is 24.1. The van der Waals surface area contributed by atoms with Gasteiger partial charge in [-0.1, -0.05) is 59.6 Å². The van der Waals surface area contributed by atoms with Gasteiger partial charge in [-0.15, -0.1) is 0 Å². The molecule has 9 nitrogen and oxygen atoms in total. The molecule has 3 N–H and O–H groups in total. The molecule has 2 aromatic carbocycles. The largest absolute Gasteiger partial charge is 0.478 e. The second-order valence-electron chi connectivity index (χ2n) is 9.00. The molecule has 0 radical (unpaired) electrons. The maximum atomic E-state index is 12.9. The Bertz CT molecular complexity index is 1300. The summed E-state index contributed by atoms with van der Waals surface area (Å²) >= 11 is 13.0. The van der Waals surface area contributed by atoms with Gasteiger partial charge in [-0.2, -0.15) is 0 Å². The van der Waals surface area contributed by atoms with E-state index in [0.717, 1.165) is 5.56 Å². The van der Waals surface area contributed by atoms with Crippen LogP contribution in [0.25, 0.3) is 0 Å². The zero-order chi connectivity index (χ0) is 28.1. The van der Waals surface area contributed by atoms with Gasteiger partial charge in [0.25, 0.3) is 0 Å². The van der Waals surface area contributed by atoms with Crippen molar-refractivity contribution in [2.45, 2.75) is 37.4 Å². The van der Waals surface area contributed by atoms with E-state index in [1.165, 1.54) is 19.2 Å². The van der Waals surface area contributed by atoms with Crippen molar-refractivity contribution in [3.05, 3.63) is 92.2 Å². The summed E-state index contributed by atoms with van der Waals surface area (Å²) in [6.07, 6.45) is -0.729. The number of methoxy groups -OCH3 is 1. The van der Waals surface area contributed by atoms with E-state index in [9.17, 15) is 24.6 Å². The molecule has 2 heterocycles. The fourth-order valence-electron chi connectivity index (χ4n) is 4.98. The molecule has 0 amide bonds. The Labute approximate surface area is 235 Å². The van der Waals surface area contributed by atoms with Crippen molar-refractivity contribution in [1.82, 2.24) is 5.32 Å². The summed E-state index contributed by atoms with van der Waals surface area (Å²) < 4.78 is 16.4. The van der Waals surface area contributed by atoms with Crippen LogP contribution in [0.15, 0.2) is 71.1 Å². The number of carboxylic acids is 2. The molecule has 39 heavy (non-hydrogen) atoms. The fraction of sp³-hybridized carbons (Fsp3) is 0.321. The molecular weight excluding hydrogens is 549 g/mol. The van der Waals surface area contributed by atoms with Crippen molar-refractivity contribution >= 4 is 41.1 Å². The lowest BCUT2D eigenvalue weighted by Gasteiger charge is -2.34. The quantitative estimate of drug-likeness (QED) is 0.340. The standard InChI is InChI=1S/C28H27Cl2NO8/c1-37-21(32)11-10-19-23(26(33)34)25(22-17(29)8-5-9-18(22)30)24(27(35)36)20(31-19)14-16(28-38-12-13-39-28)15-6-3-2-4-7-15/h2-9,16,25,28,31H,10-14H2,1H3,(H,33,34)(H,35,36). The Morgan fingerprint density at radius 3 is 2.10 bits per heavy atom. The number of ether oxygens (including phenoxy) is 3. The monoisotopic (exact) mass is 575 g/mol. The fourth-order valence-corrected chi connectivity index (χ4v) is 5.59. The van der Waals surface area contributed by atoms with E-state index in [-0.39, 0.29) is 57.4 Å². The van der Waals surface area contributed by atoms with Crippen LogP contribution < -0.4 is 5.32 Å². The Kier molecular flexibility index (Phi) is 9.29. The number of carbonyl (C=O) groups excluding carboxylic acids is 1. The van der Waals surface area contributed by atoms with Gasteiger partial charge < -0.3 is 29.7 Å². The first-order chi connectivity index (χ1) is 18.7. The number of aliphatic carboxylic acids is 2. The number of halogens is 2. The van der Waals surface area contributed by atoms with E-state index in [1.54, 1.807) is 6.07 Å². The van der Waals surface area contributed by atoms with E-state index < -0.39 is 36.0 Å². The number of allylic oxidation sites excluding steroid dienone is 2. The summed E-state index contributed by atoms with van der Waals surface area (Å²) in [5.74, 6) is -5.02. The second-order valence-corrected chi connectivity index (χ2v) is 9.81. The molecule has 0 spiro atoms. The highest BCUT2D eigenvalue weighted by atomic mass is 35.5. The van der Waals surface area contributed by atoms with Crippen molar-refractivity contribution in [2.24, 2.45) is 0 Å². The number of hydrogen-bond donors (Lipinski definition) is 3. The van der Waals surface area contributed by atoms with Gasteiger partial charge in [0, 0.05) is 32.9 Å². The van der Waals surface area contributed by atoms with Gasteiger partial charge in [0.05, 0.1) is 43.8 Å². The smallest absolute Gasteiger partial charge is 0.334 e. The van der Waals surface area contributed by atoms with Crippen molar-refractivity contribution in [2.75, 3.05) is 20.3 Å². The maximum Gasteiger partial charge on any atom is 0.334 e. The van der Waals surface area contributed by atoms with E-state index in [1.807, 2.05) is 30.3 Å². The van der Waals surface area contributed by atoms with Gasteiger partial charge in [-0.25, -0.2) is 9.59 Å². The molecule has 2 aliphatic heterocycles. The van der Waals surface area contributed by atoms with Crippen LogP contribution in [0.1, 0.15) is 42.2 Å². The zero-order valence-corrected chi connectivity index (χ0v) is 22.5. The Hall–Kier alpha value is -3.37. The number of carbonyl (C=O) groups is 3. The van der Waals surface area contributed by atoms with Crippen LogP contribution in [0.3, 0.4) is 0 Å². The molecule has 0 saturated carbocycles. The molecule has 2 atom stereocenters. The molecule has 206 valence electrons. The van der Waals surface area contributed by atoms with Crippen LogP contribution in [0.5, 0.6) is 0 Å². The first-order valence-corrected chi connectivity index (χ1v) is 13.0. The zero-order valence-electron chi connectivity index (χ0n) is 21.0. The van der Waals surface area contributed by atoms with Gasteiger partial charge in [0.2, 0.25) is 0 Å². The van der Waals surface area contributed by atoms with Gasteiger partial charge in [0.1, 0.15) is 0 Å². The van der Waals surface area contributed by atoms with Crippen LogP contribution in [0, 0.1) is 0 Å². The highest BCUT2D eigenvalue weighted by Crippen LogP contribution is 2.46. The first-order valence-electron chi connectivity index (χ1n) is 12.2. The normalized spacial score (nSPS) is 18.6. The minimum atomic E-state index is -1.37. The average Bonchev–Trinajstić information content (AvgIpc) is 3.44. The number of benzene rings is 2. The third kappa shape index (κ3) is 6.28. The summed E-state index contributed by atoms with van der Waals surface area (Å²) in [4.78, 5) is 37.5. The predicted octanol–water partition coefficient (Wildman–Crippen LogP) is 4.86. The van der Waals surface area contributed by atoms with E-state index in [4.69, 9.17) is 37.4 Å². The Balaban J connectivity index is 1.91. The summed E-state index contributed by atoms with van der Waals surface area (Å²) in [6.45, 7) is 0.773. The summed E-state index contributed by atoms with van der Waals surface area (Å²) in [7, 11) is 1.23. The average molecular weight is 576 g/mol. The summed E-state index contributed by atoms with van der Waals surface area (Å²) in [6, 6.07) is 14.0. The third-order valence-corrected chi connectivity index (χ3v) is 7.37. The molecule has 1 fully saturated rings. The van der Waals surface area contributed by atoms with Gasteiger partial charge in [0.15, 0.2) is 6.29 Å². The molecular formula is C28H27Cl2NO8. The Morgan fingerprint density at radius 1 is 0.949 bits per heavy atom. The van der Waals surface area contributed by atoms with Gasteiger partial charge in [-0.05, 0) is 30.5 Å². The van der Waals surface area contributed by atoms with E-state index >= 15 is 0 Å². The molecule has 4 rings (SSSR count). The molecule has 0 aliphatic carbocycles. The van der Waals surface area contributed by atoms with E-state index in [0.29, 0.717) is 13.2 Å². The number of rotatable bonds is 10. The predicted molar refractivity (Wildman–Crippen MR) is 142 cm³/mol. The van der Waals surface area contributed by atoms with Gasteiger partial charge in [-0.3, -0.25) is 4.79 Å². The second kappa shape index (κ2) is 12.7. The molecule has 1 saturated heterocycles. The van der Waals surface area contributed by atoms with Crippen LogP contribution in [0.2, 0.25) is 10.0 Å². The maximum absolute atomic E-state index is 12.9. The minimum absolute atomic E-state index is 0.0459. The number of hydrogen-bond acceptors (Lipinski definition) is 7. The van der Waals surface area contributed by atoms with Crippen molar-refractivity contribution in [3.8, 4) is 0 Å². The molecule has 2 aromatic rings. The van der Waals surface area contributed by atoms with Crippen LogP contribution in [-0.4, -0.2) is 54.7 Å². The lowest BCUT2D eigenvalue weighted by molar-refractivity contribution is -0.141. The van der Waals surface area contributed by atoms with E-state index in [2.05, 4.69) is 5.32 Å². The number of esters is 1.